The van der Waals surface area contributed by atoms with E-state index in [1.807, 2.05) is 26.8 Å². The highest BCUT2D eigenvalue weighted by molar-refractivity contribution is 7.92. The Morgan fingerprint density at radius 3 is 2.00 bits per heavy atom. The second-order valence-corrected chi connectivity index (χ2v) is 11.4. The highest BCUT2D eigenvalue weighted by Gasteiger charge is 2.24. The van der Waals surface area contributed by atoms with E-state index in [2.05, 4.69) is 10.0 Å². The molecule has 2 N–H and O–H groups in total. The van der Waals surface area contributed by atoms with Crippen molar-refractivity contribution in [1.29, 1.82) is 0 Å². The molecule has 39 heavy (non-hydrogen) atoms. The van der Waals surface area contributed by atoms with Crippen LogP contribution < -0.4 is 10.0 Å². The minimum absolute atomic E-state index is 0.0103. The summed E-state index contributed by atoms with van der Waals surface area (Å²) < 4.78 is 39.3. The van der Waals surface area contributed by atoms with Crippen molar-refractivity contribution in [3.8, 4) is 0 Å². The molecular weight excluding hydrogens is 520 g/mol. The molecule has 0 saturated heterocycles. The summed E-state index contributed by atoms with van der Waals surface area (Å²) >= 11 is 0. The number of para-hydroxylation sites is 2. The number of aryl methyl sites for hydroxylation is 1. The first-order chi connectivity index (χ1) is 18.3. The van der Waals surface area contributed by atoms with E-state index in [0.717, 1.165) is 5.56 Å². The predicted octanol–water partition coefficient (Wildman–Crippen LogP) is 5.07. The van der Waals surface area contributed by atoms with Crippen LogP contribution in [0.25, 0.3) is 0 Å². The van der Waals surface area contributed by atoms with Crippen LogP contribution in [0.3, 0.4) is 0 Å². The van der Waals surface area contributed by atoms with Crippen molar-refractivity contribution in [2.45, 2.75) is 44.9 Å². The lowest BCUT2D eigenvalue weighted by molar-refractivity contribution is -0.119. The van der Waals surface area contributed by atoms with Crippen LogP contribution in [-0.4, -0.2) is 39.5 Å². The van der Waals surface area contributed by atoms with Crippen LogP contribution >= 0.6 is 0 Å². The van der Waals surface area contributed by atoms with E-state index < -0.39 is 34.5 Å². The average Bonchev–Trinajstić information content (AvgIpc) is 2.87. The Bertz CT molecular complexity index is 1490. The Balaban J connectivity index is 1.75. The number of anilines is 2. The van der Waals surface area contributed by atoms with Gasteiger partial charge in [0.2, 0.25) is 0 Å². The quantitative estimate of drug-likeness (QED) is 0.355. The molecule has 0 aromatic heterocycles. The van der Waals surface area contributed by atoms with Gasteiger partial charge in [-0.2, -0.15) is 0 Å². The van der Waals surface area contributed by atoms with Gasteiger partial charge in [-0.25, -0.2) is 18.0 Å². The van der Waals surface area contributed by atoms with Crippen LogP contribution in [0.4, 0.5) is 11.4 Å². The molecule has 0 atom stereocenters. The first kappa shape index (κ1) is 29.4. The normalized spacial score (nSPS) is 11.4. The number of nitrogens with one attached hydrogen (secondary N) is 2. The van der Waals surface area contributed by atoms with E-state index >= 15 is 0 Å². The number of carbonyl (C=O) groups is 3. The lowest BCUT2D eigenvalue weighted by atomic mass is 9.87. The van der Waals surface area contributed by atoms with Gasteiger partial charge in [0.15, 0.2) is 6.61 Å². The summed E-state index contributed by atoms with van der Waals surface area (Å²) in [4.78, 5) is 37.5. The fourth-order valence-electron chi connectivity index (χ4n) is 3.68. The van der Waals surface area contributed by atoms with E-state index in [4.69, 9.17) is 9.47 Å². The second kappa shape index (κ2) is 12.1. The van der Waals surface area contributed by atoms with Crippen molar-refractivity contribution >= 4 is 39.2 Å². The van der Waals surface area contributed by atoms with Crippen LogP contribution in [0.15, 0.2) is 71.6 Å². The van der Waals surface area contributed by atoms with Gasteiger partial charge in [-0.1, -0.05) is 57.2 Å². The van der Waals surface area contributed by atoms with Crippen molar-refractivity contribution < 1.29 is 32.3 Å². The minimum atomic E-state index is -4.05. The summed E-state index contributed by atoms with van der Waals surface area (Å²) in [5.74, 6) is -2.19. The molecule has 3 aromatic rings. The maximum atomic E-state index is 13.3. The Hall–Kier alpha value is -4.18. The van der Waals surface area contributed by atoms with Gasteiger partial charge >= 0.3 is 11.9 Å². The zero-order valence-corrected chi connectivity index (χ0v) is 23.3. The Kier molecular flexibility index (Phi) is 9.13. The molecule has 0 aliphatic rings. The molecule has 1 amide bonds. The van der Waals surface area contributed by atoms with Crippen molar-refractivity contribution in [2.24, 2.45) is 0 Å². The number of hydrogen-bond acceptors (Lipinski definition) is 7. The molecule has 0 aliphatic heterocycles. The molecule has 3 rings (SSSR count). The fraction of sp³-hybridized carbons (Fsp3) is 0.276. The fourth-order valence-corrected chi connectivity index (χ4v) is 5.03. The van der Waals surface area contributed by atoms with Gasteiger partial charge in [-0.05, 0) is 60.7 Å². The molecule has 3 aromatic carbocycles. The average molecular weight is 553 g/mol. The molecule has 206 valence electrons. The molecule has 0 aliphatic carbocycles. The second-order valence-electron chi connectivity index (χ2n) is 9.77. The topological polar surface area (TPSA) is 128 Å². The van der Waals surface area contributed by atoms with Gasteiger partial charge in [0.05, 0.1) is 34.0 Å². The van der Waals surface area contributed by atoms with Crippen LogP contribution in [0.1, 0.15) is 59.5 Å². The first-order valence-corrected chi connectivity index (χ1v) is 13.8. The number of hydrogen-bond donors (Lipinski definition) is 2. The summed E-state index contributed by atoms with van der Waals surface area (Å²) in [5, 5.41) is 2.53. The summed E-state index contributed by atoms with van der Waals surface area (Å²) in [6.45, 7) is 8.82. The standard InChI is InChI=1S/C29H32N2O7S/c1-6-37-27(33)21-11-7-9-13-23(21)30-26(32)18-38-28(34)22-12-8-10-14-24(22)31-39(35,36)25-17-20(29(3,4)5)16-15-19(25)2/h7-17,31H,6,18H2,1-5H3,(H,30,32). The van der Waals surface area contributed by atoms with Gasteiger partial charge in [-0.15, -0.1) is 0 Å². The van der Waals surface area contributed by atoms with Crippen LogP contribution in [0.5, 0.6) is 0 Å². The third kappa shape index (κ3) is 7.44. The number of benzene rings is 3. The number of ether oxygens (including phenoxy) is 2. The molecule has 0 fully saturated rings. The molecule has 10 heteroatoms. The van der Waals surface area contributed by atoms with Crippen LogP contribution in [0.2, 0.25) is 0 Å². The monoisotopic (exact) mass is 552 g/mol. The minimum Gasteiger partial charge on any atom is -0.462 e. The maximum Gasteiger partial charge on any atom is 0.340 e. The molecule has 0 spiro atoms. The summed E-state index contributed by atoms with van der Waals surface area (Å²) in [6, 6.07) is 17.5. The lowest BCUT2D eigenvalue weighted by Gasteiger charge is -2.21. The van der Waals surface area contributed by atoms with Gasteiger partial charge < -0.3 is 14.8 Å². The van der Waals surface area contributed by atoms with E-state index in [-0.39, 0.29) is 39.4 Å². The third-order valence-corrected chi connectivity index (χ3v) is 7.27. The third-order valence-electron chi connectivity index (χ3n) is 5.77. The summed E-state index contributed by atoms with van der Waals surface area (Å²) in [6.07, 6.45) is 0. The highest BCUT2D eigenvalue weighted by atomic mass is 32.2. The van der Waals surface area contributed by atoms with E-state index in [1.54, 1.807) is 50.2 Å². The predicted molar refractivity (Wildman–Crippen MR) is 148 cm³/mol. The van der Waals surface area contributed by atoms with Crippen molar-refractivity contribution in [1.82, 2.24) is 0 Å². The molecule has 0 unspecified atom stereocenters. The number of carbonyl (C=O) groups excluding carboxylic acids is 3. The lowest BCUT2D eigenvalue weighted by Crippen LogP contribution is -2.23. The highest BCUT2D eigenvalue weighted by Crippen LogP contribution is 2.28. The van der Waals surface area contributed by atoms with Gasteiger partial charge in [0.1, 0.15) is 0 Å². The van der Waals surface area contributed by atoms with Crippen LogP contribution in [0, 0.1) is 6.92 Å². The zero-order chi connectivity index (χ0) is 28.8. The van der Waals surface area contributed by atoms with E-state index in [0.29, 0.717) is 5.56 Å². The molecule has 0 heterocycles. The molecular formula is C29H32N2O7S. The summed E-state index contributed by atoms with van der Waals surface area (Å²) in [5.41, 5.74) is 1.44. The Morgan fingerprint density at radius 1 is 0.821 bits per heavy atom. The van der Waals surface area contributed by atoms with Crippen molar-refractivity contribution in [2.75, 3.05) is 23.3 Å². The molecule has 0 bridgehead atoms. The number of rotatable bonds is 9. The zero-order valence-electron chi connectivity index (χ0n) is 22.5. The largest absolute Gasteiger partial charge is 0.462 e. The number of esters is 2. The number of amides is 1. The first-order valence-electron chi connectivity index (χ1n) is 12.3. The molecule has 0 radical (unpaired) electrons. The molecule has 9 nitrogen and oxygen atoms in total. The van der Waals surface area contributed by atoms with Crippen molar-refractivity contribution in [3.63, 3.8) is 0 Å². The number of sulfonamides is 1. The van der Waals surface area contributed by atoms with E-state index in [9.17, 15) is 22.8 Å². The Labute approximate surface area is 228 Å². The van der Waals surface area contributed by atoms with Gasteiger partial charge in [0, 0.05) is 0 Å². The maximum absolute atomic E-state index is 13.3. The van der Waals surface area contributed by atoms with Crippen LogP contribution in [-0.2, 0) is 29.7 Å². The van der Waals surface area contributed by atoms with Gasteiger partial charge in [0.25, 0.3) is 15.9 Å². The SMILES string of the molecule is CCOC(=O)c1ccccc1NC(=O)COC(=O)c1ccccc1NS(=O)(=O)c1cc(C(C)(C)C)ccc1C. The molecule has 0 saturated carbocycles. The van der Waals surface area contributed by atoms with E-state index in [1.165, 1.54) is 24.3 Å². The van der Waals surface area contributed by atoms with Gasteiger partial charge in [-0.3, -0.25) is 9.52 Å². The smallest absolute Gasteiger partial charge is 0.340 e. The van der Waals surface area contributed by atoms with Crippen molar-refractivity contribution in [3.05, 3.63) is 89.0 Å². The Morgan fingerprint density at radius 2 is 1.38 bits per heavy atom. The summed E-state index contributed by atoms with van der Waals surface area (Å²) in [7, 11) is -4.05.